The highest BCUT2D eigenvalue weighted by atomic mass is 16.2. The van der Waals surface area contributed by atoms with Crippen LogP contribution in [-0.2, 0) is 0 Å². The maximum atomic E-state index is 12.2. The quantitative estimate of drug-likeness (QED) is 0.771. The van der Waals surface area contributed by atoms with E-state index in [2.05, 4.69) is 19.8 Å². The second kappa shape index (κ2) is 6.66. The van der Waals surface area contributed by atoms with Crippen LogP contribution in [0.3, 0.4) is 0 Å². The molecule has 28 heavy (non-hydrogen) atoms. The number of rotatable bonds is 4. The molecular formula is C19H22N6O3. The molecule has 9 heteroatoms. The molecule has 9 nitrogen and oxygen atoms in total. The molecule has 2 fully saturated rings. The summed E-state index contributed by atoms with van der Waals surface area (Å²) in [7, 11) is 3.48. The lowest BCUT2D eigenvalue weighted by atomic mass is 10.1. The van der Waals surface area contributed by atoms with Crippen LogP contribution in [-0.4, -0.2) is 66.0 Å². The predicted molar refractivity (Wildman–Crippen MR) is 105 cm³/mol. The minimum atomic E-state index is -0.790. The number of nitrogens with one attached hydrogen (secondary N) is 1. The fraction of sp³-hybridized carbons (Fsp3) is 0.368. The van der Waals surface area contributed by atoms with Gasteiger partial charge in [-0.3, -0.25) is 19.4 Å². The Balaban J connectivity index is 1.53. The van der Waals surface area contributed by atoms with E-state index in [9.17, 15) is 14.4 Å². The van der Waals surface area contributed by atoms with Crippen LogP contribution in [0.25, 0.3) is 0 Å². The zero-order valence-electron chi connectivity index (χ0n) is 15.8. The molecule has 2 aliphatic rings. The van der Waals surface area contributed by atoms with Gasteiger partial charge in [-0.1, -0.05) is 6.07 Å². The summed E-state index contributed by atoms with van der Waals surface area (Å²) in [6.45, 7) is 1.47. The Bertz CT molecular complexity index is 1000. The van der Waals surface area contributed by atoms with E-state index < -0.39 is 11.5 Å². The minimum absolute atomic E-state index is 0.0239. The zero-order valence-corrected chi connectivity index (χ0v) is 15.8. The number of fused-ring (bicyclic) bond motifs is 2. The zero-order chi connectivity index (χ0) is 20.0. The van der Waals surface area contributed by atoms with Crippen molar-refractivity contribution in [1.29, 1.82) is 0 Å². The number of primary amides is 1. The van der Waals surface area contributed by atoms with E-state index in [0.717, 1.165) is 18.7 Å². The highest BCUT2D eigenvalue weighted by Crippen LogP contribution is 2.36. The van der Waals surface area contributed by atoms with Crippen LogP contribution < -0.4 is 21.1 Å². The molecule has 2 saturated heterocycles. The third-order valence-electron chi connectivity index (χ3n) is 5.39. The summed E-state index contributed by atoms with van der Waals surface area (Å²) in [5, 5.41) is 0. The van der Waals surface area contributed by atoms with E-state index in [1.54, 1.807) is 19.0 Å². The summed E-state index contributed by atoms with van der Waals surface area (Å²) in [4.78, 5) is 48.3. The first-order valence-electron chi connectivity index (χ1n) is 9.09. The second-order valence-electron chi connectivity index (χ2n) is 7.41. The number of aromatic nitrogens is 2. The van der Waals surface area contributed by atoms with Crippen molar-refractivity contribution in [2.45, 2.75) is 18.5 Å². The van der Waals surface area contributed by atoms with Crippen molar-refractivity contribution in [3.63, 3.8) is 0 Å². The van der Waals surface area contributed by atoms with E-state index in [-0.39, 0.29) is 23.6 Å². The topological polar surface area (TPSA) is 116 Å². The monoisotopic (exact) mass is 382 g/mol. The molecule has 2 atom stereocenters. The van der Waals surface area contributed by atoms with Gasteiger partial charge in [0, 0.05) is 50.7 Å². The molecule has 146 valence electrons. The van der Waals surface area contributed by atoms with Crippen molar-refractivity contribution < 1.29 is 9.59 Å². The lowest BCUT2D eigenvalue weighted by molar-refractivity contribution is 0.0827. The average molecular weight is 382 g/mol. The lowest BCUT2D eigenvalue weighted by Gasteiger charge is -2.36. The highest BCUT2D eigenvalue weighted by Gasteiger charge is 2.44. The number of hydrogen-bond donors (Lipinski definition) is 2. The van der Waals surface area contributed by atoms with Gasteiger partial charge in [0.2, 0.25) is 5.95 Å². The first-order valence-corrected chi connectivity index (χ1v) is 9.09. The SMILES string of the molecule is CN(C)C(=O)c1cccc(N2C[C@@H]3C[C@H]2CN3c2ncc(C(N)=O)c(=O)[nH]2)c1. The van der Waals surface area contributed by atoms with Crippen LogP contribution in [0.5, 0.6) is 0 Å². The molecule has 2 amide bonds. The molecule has 0 aliphatic carbocycles. The molecule has 1 aromatic heterocycles. The normalized spacial score (nSPS) is 20.5. The largest absolute Gasteiger partial charge is 0.365 e. The van der Waals surface area contributed by atoms with Crippen molar-refractivity contribution in [1.82, 2.24) is 14.9 Å². The van der Waals surface area contributed by atoms with Gasteiger partial charge in [-0.25, -0.2) is 4.98 Å². The third-order valence-corrected chi connectivity index (χ3v) is 5.39. The Hall–Kier alpha value is -3.36. The van der Waals surface area contributed by atoms with Crippen LogP contribution in [0.1, 0.15) is 27.1 Å². The van der Waals surface area contributed by atoms with E-state index in [1.165, 1.54) is 6.20 Å². The van der Waals surface area contributed by atoms with Crippen LogP contribution in [0.4, 0.5) is 11.6 Å². The summed E-state index contributed by atoms with van der Waals surface area (Å²) in [5.41, 5.74) is 6.19. The molecule has 3 heterocycles. The van der Waals surface area contributed by atoms with E-state index in [1.807, 2.05) is 24.3 Å². The minimum Gasteiger partial charge on any atom is -0.365 e. The Labute approximate surface area is 161 Å². The van der Waals surface area contributed by atoms with Gasteiger partial charge in [0.1, 0.15) is 5.56 Å². The maximum Gasteiger partial charge on any atom is 0.265 e. The molecule has 4 rings (SSSR count). The first kappa shape index (κ1) is 18.0. The fourth-order valence-corrected chi connectivity index (χ4v) is 4.03. The number of hydrogen-bond acceptors (Lipinski definition) is 6. The number of anilines is 2. The van der Waals surface area contributed by atoms with Gasteiger partial charge in [-0.05, 0) is 24.6 Å². The lowest BCUT2D eigenvalue weighted by Crippen LogP contribution is -2.47. The summed E-state index contributed by atoms with van der Waals surface area (Å²) in [6.07, 6.45) is 2.17. The Morgan fingerprint density at radius 2 is 1.93 bits per heavy atom. The Morgan fingerprint density at radius 3 is 2.54 bits per heavy atom. The molecule has 3 N–H and O–H groups in total. The van der Waals surface area contributed by atoms with Crippen molar-refractivity contribution >= 4 is 23.5 Å². The van der Waals surface area contributed by atoms with E-state index in [0.29, 0.717) is 18.1 Å². The molecule has 0 radical (unpaired) electrons. The van der Waals surface area contributed by atoms with Gasteiger partial charge in [-0.15, -0.1) is 0 Å². The van der Waals surface area contributed by atoms with Crippen molar-refractivity contribution in [2.75, 3.05) is 37.0 Å². The summed E-state index contributed by atoms with van der Waals surface area (Å²) in [6, 6.07) is 8.12. The molecule has 1 aromatic carbocycles. The van der Waals surface area contributed by atoms with Crippen LogP contribution in [0, 0.1) is 0 Å². The Morgan fingerprint density at radius 1 is 1.21 bits per heavy atom. The van der Waals surface area contributed by atoms with Crippen molar-refractivity contribution in [2.24, 2.45) is 5.73 Å². The molecule has 0 unspecified atom stereocenters. The Kier molecular flexibility index (Phi) is 4.29. The number of carbonyl (C=O) groups is 2. The van der Waals surface area contributed by atoms with Gasteiger partial charge < -0.3 is 20.4 Å². The van der Waals surface area contributed by atoms with Gasteiger partial charge >= 0.3 is 0 Å². The van der Waals surface area contributed by atoms with Gasteiger partial charge in [0.25, 0.3) is 17.4 Å². The smallest absolute Gasteiger partial charge is 0.265 e. The summed E-state index contributed by atoms with van der Waals surface area (Å²) < 4.78 is 0. The molecule has 2 aromatic rings. The van der Waals surface area contributed by atoms with E-state index in [4.69, 9.17) is 5.73 Å². The number of benzene rings is 1. The average Bonchev–Trinajstić information content (AvgIpc) is 3.28. The molecule has 2 aliphatic heterocycles. The number of carbonyl (C=O) groups excluding carboxylic acids is 2. The molecule has 2 bridgehead atoms. The second-order valence-corrected chi connectivity index (χ2v) is 7.41. The number of H-pyrrole nitrogens is 1. The molecule has 0 saturated carbocycles. The summed E-state index contributed by atoms with van der Waals surface area (Å²) >= 11 is 0. The maximum absolute atomic E-state index is 12.2. The fourth-order valence-electron chi connectivity index (χ4n) is 4.03. The first-order chi connectivity index (χ1) is 13.3. The van der Waals surface area contributed by atoms with Crippen LogP contribution >= 0.6 is 0 Å². The number of nitrogens with two attached hydrogens (primary N) is 1. The van der Waals surface area contributed by atoms with Gasteiger partial charge in [0.15, 0.2) is 0 Å². The number of aromatic amines is 1. The van der Waals surface area contributed by atoms with E-state index >= 15 is 0 Å². The number of nitrogens with zero attached hydrogens (tertiary/aromatic N) is 4. The molecule has 0 spiro atoms. The predicted octanol–water partition coefficient (Wildman–Crippen LogP) is 0.0381. The van der Waals surface area contributed by atoms with Gasteiger partial charge in [-0.2, -0.15) is 0 Å². The highest BCUT2D eigenvalue weighted by molar-refractivity contribution is 5.95. The van der Waals surface area contributed by atoms with Crippen LogP contribution in [0.15, 0.2) is 35.3 Å². The standard InChI is InChI=1S/C19H22N6O3/c1-23(2)18(28)11-4-3-5-12(6-11)24-9-14-7-13(24)10-25(14)19-21-8-15(16(20)26)17(27)22-19/h3-6,8,13-14H,7,9-10H2,1-2H3,(H2,20,26)(H,21,22,27)/t13-,14-/m0/s1. The third kappa shape index (κ3) is 2.98. The van der Waals surface area contributed by atoms with Crippen LogP contribution in [0.2, 0.25) is 0 Å². The van der Waals surface area contributed by atoms with Crippen molar-refractivity contribution in [3.8, 4) is 0 Å². The summed E-state index contributed by atoms with van der Waals surface area (Å²) in [5.74, 6) is -0.357. The molecular weight excluding hydrogens is 360 g/mol. The van der Waals surface area contributed by atoms with Crippen molar-refractivity contribution in [3.05, 3.63) is 51.9 Å². The van der Waals surface area contributed by atoms with Gasteiger partial charge in [0.05, 0.1) is 6.04 Å². The number of piperazine rings is 1. The number of amides is 2.